The highest BCUT2D eigenvalue weighted by Crippen LogP contribution is 2.34. The van der Waals surface area contributed by atoms with Crippen LogP contribution >= 0.6 is 11.3 Å². The standard InChI is InChI=1S/C32H27N3O3S/c1-4-17-34-19-22(24-14-8-9-16-26(24)34)18-27-30(36)35-29(25-15-10-12-21-11-6-7-13-23(21)25)28(31(37)38-5-2)20(3)33-32(35)39-27/h4,6-16,18-19,29H,1,5,17H2,2-3H3/b27-18-/t29-/m0/s1. The summed E-state index contributed by atoms with van der Waals surface area (Å²) >= 11 is 1.34. The predicted molar refractivity (Wildman–Crippen MR) is 156 cm³/mol. The van der Waals surface area contributed by atoms with Crippen molar-refractivity contribution in [3.63, 3.8) is 0 Å². The quantitative estimate of drug-likeness (QED) is 0.226. The number of esters is 1. The van der Waals surface area contributed by atoms with Gasteiger partial charge in [-0.05, 0) is 42.3 Å². The average molecular weight is 534 g/mol. The summed E-state index contributed by atoms with van der Waals surface area (Å²) in [5.41, 5.74) is 3.63. The molecule has 0 N–H and O–H groups in total. The van der Waals surface area contributed by atoms with Crippen LogP contribution in [0.2, 0.25) is 0 Å². The van der Waals surface area contributed by atoms with Crippen LogP contribution in [0.1, 0.15) is 31.0 Å². The van der Waals surface area contributed by atoms with E-state index in [2.05, 4.69) is 23.3 Å². The maximum atomic E-state index is 14.1. The molecule has 7 heteroatoms. The summed E-state index contributed by atoms with van der Waals surface area (Å²) in [7, 11) is 0. The van der Waals surface area contributed by atoms with Crippen LogP contribution in [0.4, 0.5) is 0 Å². The van der Waals surface area contributed by atoms with Gasteiger partial charge in [-0.15, -0.1) is 6.58 Å². The van der Waals surface area contributed by atoms with Crippen molar-refractivity contribution in [1.82, 2.24) is 9.13 Å². The van der Waals surface area contributed by atoms with E-state index in [1.54, 1.807) is 11.5 Å². The number of para-hydroxylation sites is 1. The molecule has 0 amide bonds. The zero-order chi connectivity index (χ0) is 27.1. The van der Waals surface area contributed by atoms with Crippen molar-refractivity contribution in [3.05, 3.63) is 128 Å². The number of carbonyl (C=O) groups excluding carboxylic acids is 1. The Morgan fingerprint density at radius 1 is 1.08 bits per heavy atom. The summed E-state index contributed by atoms with van der Waals surface area (Å²) in [6, 6.07) is 21.4. The number of fused-ring (bicyclic) bond motifs is 3. The maximum Gasteiger partial charge on any atom is 0.338 e. The first-order valence-corrected chi connectivity index (χ1v) is 13.7. The molecular weight excluding hydrogens is 506 g/mol. The summed E-state index contributed by atoms with van der Waals surface area (Å²) in [5.74, 6) is -0.460. The molecule has 2 aromatic heterocycles. The molecule has 3 heterocycles. The number of thiazole rings is 1. The molecule has 6 nitrogen and oxygen atoms in total. The van der Waals surface area contributed by atoms with Gasteiger partial charge in [0.2, 0.25) is 0 Å². The van der Waals surface area contributed by atoms with Crippen LogP contribution in [0.3, 0.4) is 0 Å². The van der Waals surface area contributed by atoms with E-state index in [0.717, 1.165) is 32.8 Å². The predicted octanol–water partition coefficient (Wildman–Crippen LogP) is 5.09. The van der Waals surface area contributed by atoms with Crippen LogP contribution in [-0.4, -0.2) is 21.7 Å². The molecule has 0 saturated carbocycles. The second-order valence-electron chi connectivity index (χ2n) is 9.41. The topological polar surface area (TPSA) is 65.6 Å². The van der Waals surface area contributed by atoms with Crippen LogP contribution < -0.4 is 14.9 Å². The Morgan fingerprint density at radius 2 is 1.82 bits per heavy atom. The van der Waals surface area contributed by atoms with Gasteiger partial charge in [-0.1, -0.05) is 78.1 Å². The summed E-state index contributed by atoms with van der Waals surface area (Å²) in [6.45, 7) is 8.36. The second kappa shape index (κ2) is 10.0. The monoisotopic (exact) mass is 533 g/mol. The summed E-state index contributed by atoms with van der Waals surface area (Å²) in [4.78, 5) is 32.7. The first-order chi connectivity index (χ1) is 19.0. The zero-order valence-corrected chi connectivity index (χ0v) is 22.6. The number of rotatable bonds is 6. The molecule has 1 atom stereocenters. The Hall–Kier alpha value is -4.49. The van der Waals surface area contributed by atoms with Gasteiger partial charge in [-0.3, -0.25) is 9.36 Å². The SMILES string of the molecule is C=CCn1cc(/C=c2\sc3n(c2=O)[C@@H](c2cccc4ccccc24)C(C(=O)OCC)=C(C)N=3)c2ccccc21. The fourth-order valence-electron chi connectivity index (χ4n) is 5.40. The third kappa shape index (κ3) is 4.15. The summed E-state index contributed by atoms with van der Waals surface area (Å²) in [5, 5.41) is 3.06. The van der Waals surface area contributed by atoms with E-state index in [9.17, 15) is 9.59 Å². The number of carbonyl (C=O) groups is 1. The minimum absolute atomic E-state index is 0.188. The molecule has 0 aliphatic carbocycles. The van der Waals surface area contributed by atoms with E-state index in [0.29, 0.717) is 27.1 Å². The van der Waals surface area contributed by atoms with Crippen LogP contribution in [0, 0.1) is 0 Å². The molecule has 0 spiro atoms. The number of allylic oxidation sites excluding steroid dienone is 2. The lowest BCUT2D eigenvalue weighted by atomic mass is 9.91. The van der Waals surface area contributed by atoms with Crippen molar-refractivity contribution >= 4 is 45.1 Å². The van der Waals surface area contributed by atoms with Crippen molar-refractivity contribution in [2.75, 3.05) is 6.61 Å². The summed E-state index contributed by atoms with van der Waals surface area (Å²) < 4.78 is 9.78. The highest BCUT2D eigenvalue weighted by atomic mass is 32.1. The van der Waals surface area contributed by atoms with Crippen molar-refractivity contribution < 1.29 is 9.53 Å². The molecule has 39 heavy (non-hydrogen) atoms. The molecule has 0 bridgehead atoms. The van der Waals surface area contributed by atoms with Crippen LogP contribution in [0.15, 0.2) is 107 Å². The number of hydrogen-bond donors (Lipinski definition) is 0. The molecule has 0 saturated heterocycles. The molecule has 6 rings (SSSR count). The Bertz CT molecular complexity index is 1990. The third-order valence-electron chi connectivity index (χ3n) is 7.07. The highest BCUT2D eigenvalue weighted by Gasteiger charge is 2.34. The van der Waals surface area contributed by atoms with E-state index in [1.807, 2.05) is 79.9 Å². The fourth-order valence-corrected chi connectivity index (χ4v) is 6.43. The molecule has 0 fully saturated rings. The van der Waals surface area contributed by atoms with E-state index in [1.165, 1.54) is 11.3 Å². The van der Waals surface area contributed by atoms with Crippen LogP contribution in [0.5, 0.6) is 0 Å². The van der Waals surface area contributed by atoms with Gasteiger partial charge in [0, 0.05) is 29.2 Å². The number of ether oxygens (including phenoxy) is 1. The molecule has 0 radical (unpaired) electrons. The Balaban J connectivity index is 1.62. The van der Waals surface area contributed by atoms with Gasteiger partial charge in [-0.2, -0.15) is 0 Å². The second-order valence-corrected chi connectivity index (χ2v) is 10.4. The minimum atomic E-state index is -0.657. The minimum Gasteiger partial charge on any atom is -0.463 e. The average Bonchev–Trinajstić information content (AvgIpc) is 3.44. The molecule has 1 aliphatic heterocycles. The van der Waals surface area contributed by atoms with Crippen molar-refractivity contribution in [3.8, 4) is 0 Å². The van der Waals surface area contributed by atoms with Crippen molar-refractivity contribution in [2.24, 2.45) is 4.99 Å². The van der Waals surface area contributed by atoms with E-state index >= 15 is 0 Å². The van der Waals surface area contributed by atoms with Gasteiger partial charge in [0.15, 0.2) is 4.80 Å². The number of aromatic nitrogens is 2. The number of nitrogens with zero attached hydrogens (tertiary/aromatic N) is 3. The lowest BCUT2D eigenvalue weighted by molar-refractivity contribution is -0.139. The number of hydrogen-bond acceptors (Lipinski definition) is 5. The van der Waals surface area contributed by atoms with E-state index in [-0.39, 0.29) is 12.2 Å². The maximum absolute atomic E-state index is 14.1. The lowest BCUT2D eigenvalue weighted by Gasteiger charge is -2.25. The molecule has 5 aromatic rings. The smallest absolute Gasteiger partial charge is 0.338 e. The largest absolute Gasteiger partial charge is 0.463 e. The molecule has 194 valence electrons. The van der Waals surface area contributed by atoms with Crippen LogP contribution in [0.25, 0.3) is 27.8 Å². The molecular formula is C32H27N3O3S. The fraction of sp³-hybridized carbons (Fsp3) is 0.156. The lowest BCUT2D eigenvalue weighted by Crippen LogP contribution is -2.40. The third-order valence-corrected chi connectivity index (χ3v) is 8.05. The zero-order valence-electron chi connectivity index (χ0n) is 21.8. The Morgan fingerprint density at radius 3 is 2.62 bits per heavy atom. The molecule has 3 aromatic carbocycles. The van der Waals surface area contributed by atoms with Gasteiger partial charge in [0.05, 0.1) is 28.5 Å². The summed E-state index contributed by atoms with van der Waals surface area (Å²) in [6.07, 6.45) is 5.82. The van der Waals surface area contributed by atoms with Crippen LogP contribution in [-0.2, 0) is 16.1 Å². The number of benzene rings is 3. The van der Waals surface area contributed by atoms with E-state index in [4.69, 9.17) is 9.73 Å². The van der Waals surface area contributed by atoms with Gasteiger partial charge in [0.25, 0.3) is 5.56 Å². The van der Waals surface area contributed by atoms with Crippen molar-refractivity contribution in [2.45, 2.75) is 26.4 Å². The Labute approximate surface area is 229 Å². The normalized spacial score (nSPS) is 15.4. The highest BCUT2D eigenvalue weighted by molar-refractivity contribution is 7.07. The van der Waals surface area contributed by atoms with Gasteiger partial charge < -0.3 is 9.30 Å². The molecule has 1 aliphatic rings. The van der Waals surface area contributed by atoms with Gasteiger partial charge >= 0.3 is 5.97 Å². The van der Waals surface area contributed by atoms with Crippen molar-refractivity contribution in [1.29, 1.82) is 0 Å². The first-order valence-electron chi connectivity index (χ1n) is 12.9. The first kappa shape index (κ1) is 24.8. The van der Waals surface area contributed by atoms with Gasteiger partial charge in [0.1, 0.15) is 0 Å². The van der Waals surface area contributed by atoms with Gasteiger partial charge in [-0.25, -0.2) is 9.79 Å². The van der Waals surface area contributed by atoms with E-state index < -0.39 is 12.0 Å². The molecule has 0 unspecified atom stereocenters. The Kier molecular flexibility index (Phi) is 6.37.